The summed E-state index contributed by atoms with van der Waals surface area (Å²) in [5, 5.41) is 0. The Bertz CT molecular complexity index is 1120. The molecular weight excluding hydrogens is 439 g/mol. The van der Waals surface area contributed by atoms with Crippen LogP contribution >= 0.6 is 0 Å². The Morgan fingerprint density at radius 3 is 2.07 bits per heavy atom. The standard InChI is InChI=1S/C25H22N2O2Se/c1-17-4-8-19(9-5-17)16-23-24(28)27(20-10-12-21(29-3)13-11-20)25(26-23)30-22-14-6-18(2)7-15-22/h4-16H,1-3H3/b23-16-. The third-order valence-electron chi connectivity index (χ3n) is 4.77. The molecule has 0 aliphatic carbocycles. The number of aryl methyl sites for hydroxylation is 2. The minimum atomic E-state index is -0.107. The van der Waals surface area contributed by atoms with Gasteiger partial charge in [-0.2, -0.15) is 0 Å². The van der Waals surface area contributed by atoms with Gasteiger partial charge in [-0.25, -0.2) is 0 Å². The van der Waals surface area contributed by atoms with E-state index in [0.717, 1.165) is 21.7 Å². The summed E-state index contributed by atoms with van der Waals surface area (Å²) in [6.45, 7) is 4.11. The number of anilines is 1. The molecule has 3 aromatic carbocycles. The third-order valence-corrected chi connectivity index (χ3v) is 6.79. The molecule has 1 heterocycles. The molecule has 30 heavy (non-hydrogen) atoms. The predicted molar refractivity (Wildman–Crippen MR) is 124 cm³/mol. The summed E-state index contributed by atoms with van der Waals surface area (Å²) in [6.07, 6.45) is 1.86. The van der Waals surface area contributed by atoms with Crippen molar-refractivity contribution in [2.24, 2.45) is 4.99 Å². The number of carbonyl (C=O) groups is 1. The molecule has 4 nitrogen and oxygen atoms in total. The zero-order chi connectivity index (χ0) is 21.1. The first kappa shape index (κ1) is 20.1. The SMILES string of the molecule is COc1ccc(N2C(=O)/C(=C/c3ccc(C)cc3)N=C2[Se]c2ccc(C)cc2)cc1. The van der Waals surface area contributed by atoms with E-state index in [9.17, 15) is 4.79 Å². The second-order valence-electron chi connectivity index (χ2n) is 7.09. The summed E-state index contributed by atoms with van der Waals surface area (Å²) in [4.78, 5) is 19.8. The Morgan fingerprint density at radius 2 is 1.47 bits per heavy atom. The molecule has 1 aliphatic heterocycles. The van der Waals surface area contributed by atoms with Crippen LogP contribution in [0.4, 0.5) is 5.69 Å². The van der Waals surface area contributed by atoms with Gasteiger partial charge in [0.2, 0.25) is 0 Å². The second kappa shape index (κ2) is 8.70. The van der Waals surface area contributed by atoms with E-state index in [1.54, 1.807) is 12.0 Å². The first-order chi connectivity index (χ1) is 14.5. The molecule has 0 saturated carbocycles. The van der Waals surface area contributed by atoms with Gasteiger partial charge in [0.05, 0.1) is 0 Å². The first-order valence-corrected chi connectivity index (χ1v) is 11.3. The summed E-state index contributed by atoms with van der Waals surface area (Å²) in [5.74, 6) is 0.646. The molecule has 0 unspecified atom stereocenters. The van der Waals surface area contributed by atoms with Crippen LogP contribution in [0.25, 0.3) is 6.08 Å². The van der Waals surface area contributed by atoms with Gasteiger partial charge in [0.1, 0.15) is 0 Å². The predicted octanol–water partition coefficient (Wildman–Crippen LogP) is 4.09. The molecule has 0 aromatic heterocycles. The molecule has 0 bridgehead atoms. The molecule has 1 amide bonds. The Morgan fingerprint density at radius 1 is 0.867 bits per heavy atom. The van der Waals surface area contributed by atoms with Crippen LogP contribution in [-0.2, 0) is 4.79 Å². The summed E-state index contributed by atoms with van der Waals surface area (Å²) in [6, 6.07) is 24.0. The van der Waals surface area contributed by atoms with Crippen LogP contribution in [0.15, 0.2) is 83.5 Å². The van der Waals surface area contributed by atoms with E-state index in [1.165, 1.54) is 15.6 Å². The Labute approximate surface area is 183 Å². The van der Waals surface area contributed by atoms with E-state index < -0.39 is 0 Å². The molecule has 1 aliphatic rings. The summed E-state index contributed by atoms with van der Waals surface area (Å²) >= 11 is -0.105. The summed E-state index contributed by atoms with van der Waals surface area (Å²) in [5.41, 5.74) is 4.61. The molecule has 3 aromatic rings. The molecular formula is C25H22N2O2Se. The Kier molecular flexibility index (Phi) is 5.84. The normalized spacial score (nSPS) is 14.9. The van der Waals surface area contributed by atoms with Gasteiger partial charge in [-0.1, -0.05) is 0 Å². The Balaban J connectivity index is 1.72. The number of nitrogens with zero attached hydrogens (tertiary/aromatic N) is 2. The number of amidine groups is 1. The van der Waals surface area contributed by atoms with Crippen LogP contribution in [0.3, 0.4) is 0 Å². The molecule has 0 fully saturated rings. The van der Waals surface area contributed by atoms with E-state index in [4.69, 9.17) is 9.73 Å². The van der Waals surface area contributed by atoms with E-state index >= 15 is 0 Å². The number of ether oxygens (including phenoxy) is 1. The van der Waals surface area contributed by atoms with Crippen molar-refractivity contribution < 1.29 is 9.53 Å². The van der Waals surface area contributed by atoms with Gasteiger partial charge < -0.3 is 0 Å². The van der Waals surface area contributed by atoms with Crippen molar-refractivity contribution in [3.8, 4) is 5.75 Å². The zero-order valence-electron chi connectivity index (χ0n) is 17.1. The van der Waals surface area contributed by atoms with Crippen LogP contribution in [0.2, 0.25) is 0 Å². The van der Waals surface area contributed by atoms with Gasteiger partial charge in [-0.3, -0.25) is 0 Å². The topological polar surface area (TPSA) is 41.9 Å². The molecule has 0 atom stereocenters. The van der Waals surface area contributed by atoms with Crippen LogP contribution in [-0.4, -0.2) is 32.7 Å². The monoisotopic (exact) mass is 462 g/mol. The molecule has 5 heteroatoms. The van der Waals surface area contributed by atoms with Gasteiger partial charge >= 0.3 is 183 Å². The van der Waals surface area contributed by atoms with Crippen molar-refractivity contribution in [1.82, 2.24) is 0 Å². The maximum absolute atomic E-state index is 13.3. The first-order valence-electron chi connectivity index (χ1n) is 9.63. The van der Waals surface area contributed by atoms with E-state index in [2.05, 4.69) is 31.2 Å². The van der Waals surface area contributed by atoms with Crippen LogP contribution in [0.1, 0.15) is 16.7 Å². The average molecular weight is 461 g/mol. The van der Waals surface area contributed by atoms with Crippen LogP contribution in [0, 0.1) is 13.8 Å². The van der Waals surface area contributed by atoms with Gasteiger partial charge in [0.15, 0.2) is 0 Å². The molecule has 0 N–H and O–H groups in total. The number of hydrogen-bond acceptors (Lipinski definition) is 3. The summed E-state index contributed by atoms with van der Waals surface area (Å²) < 4.78 is 7.21. The Hall–Kier alpha value is -3.14. The fourth-order valence-corrected chi connectivity index (χ4v) is 4.96. The number of amides is 1. The quantitative estimate of drug-likeness (QED) is 0.425. The van der Waals surface area contributed by atoms with E-state index in [-0.39, 0.29) is 20.9 Å². The molecule has 4 rings (SSSR count). The fourth-order valence-electron chi connectivity index (χ4n) is 3.06. The van der Waals surface area contributed by atoms with Gasteiger partial charge in [0.25, 0.3) is 0 Å². The van der Waals surface area contributed by atoms with Crippen LogP contribution in [0.5, 0.6) is 5.75 Å². The van der Waals surface area contributed by atoms with E-state index in [0.29, 0.717) is 5.70 Å². The third kappa shape index (κ3) is 4.38. The molecule has 150 valence electrons. The average Bonchev–Trinajstić information content (AvgIpc) is 3.06. The van der Waals surface area contributed by atoms with Gasteiger partial charge in [-0.15, -0.1) is 0 Å². The summed E-state index contributed by atoms with van der Waals surface area (Å²) in [7, 11) is 1.63. The molecule has 0 spiro atoms. The number of benzene rings is 3. The van der Waals surface area contributed by atoms with Crippen molar-refractivity contribution in [2.45, 2.75) is 13.8 Å². The number of methoxy groups -OCH3 is 1. The number of aliphatic imine (C=N–C) groups is 1. The molecule has 0 saturated heterocycles. The second-order valence-corrected chi connectivity index (χ2v) is 9.27. The maximum atomic E-state index is 13.3. The van der Waals surface area contributed by atoms with Crippen molar-refractivity contribution >= 4 is 41.8 Å². The van der Waals surface area contributed by atoms with Gasteiger partial charge in [0, 0.05) is 0 Å². The van der Waals surface area contributed by atoms with Crippen molar-refractivity contribution in [1.29, 1.82) is 0 Å². The molecule has 0 radical (unpaired) electrons. The van der Waals surface area contributed by atoms with E-state index in [1.807, 2.05) is 61.5 Å². The number of carbonyl (C=O) groups excluding carboxylic acids is 1. The fraction of sp³-hybridized carbons (Fsp3) is 0.120. The van der Waals surface area contributed by atoms with Crippen LogP contribution < -0.4 is 14.1 Å². The minimum absolute atomic E-state index is 0.105. The number of rotatable bonds is 5. The van der Waals surface area contributed by atoms with Gasteiger partial charge in [-0.05, 0) is 0 Å². The zero-order valence-corrected chi connectivity index (χ0v) is 18.8. The van der Waals surface area contributed by atoms with Crippen molar-refractivity contribution in [3.63, 3.8) is 0 Å². The van der Waals surface area contributed by atoms with Crippen molar-refractivity contribution in [3.05, 3.63) is 95.2 Å². The number of hydrogen-bond donors (Lipinski definition) is 0. The van der Waals surface area contributed by atoms with Crippen molar-refractivity contribution in [2.75, 3.05) is 12.0 Å².